The summed E-state index contributed by atoms with van der Waals surface area (Å²) in [4.78, 5) is 58.2. The summed E-state index contributed by atoms with van der Waals surface area (Å²) in [6.45, 7) is 0. The van der Waals surface area contributed by atoms with Crippen molar-refractivity contribution < 1.29 is 19.2 Å². The first-order valence-corrected chi connectivity index (χ1v) is 11.4. The van der Waals surface area contributed by atoms with Crippen LogP contribution < -0.4 is 10.6 Å². The Morgan fingerprint density at radius 3 is 2.38 bits per heavy atom. The summed E-state index contributed by atoms with van der Waals surface area (Å²) in [7, 11) is 3.22. The molecule has 1 aliphatic rings. The molecule has 9 nitrogen and oxygen atoms in total. The van der Waals surface area contributed by atoms with Crippen molar-refractivity contribution in [3.63, 3.8) is 0 Å². The second-order valence-corrected chi connectivity index (χ2v) is 8.79. The van der Waals surface area contributed by atoms with Gasteiger partial charge in [-0.05, 0) is 11.1 Å². The smallest absolute Gasteiger partial charge is 0.325 e. The number of rotatable bonds is 7. The molecule has 34 heavy (non-hydrogen) atoms. The average Bonchev–Trinajstić information content (AvgIpc) is 3.42. The van der Waals surface area contributed by atoms with Crippen LogP contribution in [-0.2, 0) is 16.0 Å². The molecule has 0 aliphatic carbocycles. The van der Waals surface area contributed by atoms with E-state index in [1.165, 1.54) is 4.90 Å². The lowest BCUT2D eigenvalue weighted by atomic mass is 10.0. The Morgan fingerprint density at radius 1 is 1.09 bits per heavy atom. The number of urea groups is 1. The summed E-state index contributed by atoms with van der Waals surface area (Å²) in [5.74, 6) is -1.37. The molecule has 2 atom stereocenters. The molecule has 174 valence electrons. The normalized spacial score (nSPS) is 16.2. The molecule has 2 N–H and O–H groups in total. The number of hydrogen-bond acceptors (Lipinski definition) is 6. The molecule has 3 aromatic rings. The van der Waals surface area contributed by atoms with Gasteiger partial charge in [-0.25, -0.2) is 14.7 Å². The van der Waals surface area contributed by atoms with Gasteiger partial charge < -0.3 is 15.5 Å². The van der Waals surface area contributed by atoms with Crippen molar-refractivity contribution in [3.8, 4) is 0 Å². The third kappa shape index (κ3) is 4.81. The van der Waals surface area contributed by atoms with Crippen LogP contribution in [0.2, 0.25) is 0 Å². The Hall–Kier alpha value is -4.05. The lowest BCUT2D eigenvalue weighted by molar-refractivity contribution is -0.134. The molecule has 0 saturated carbocycles. The number of imide groups is 1. The van der Waals surface area contributed by atoms with Crippen LogP contribution >= 0.6 is 11.3 Å². The van der Waals surface area contributed by atoms with Crippen LogP contribution in [0.4, 0.5) is 9.93 Å². The summed E-state index contributed by atoms with van der Waals surface area (Å²) in [5.41, 5.74) is 1.62. The number of anilines is 1. The molecule has 10 heteroatoms. The maximum atomic E-state index is 13.3. The van der Waals surface area contributed by atoms with Gasteiger partial charge in [0.2, 0.25) is 5.91 Å². The van der Waals surface area contributed by atoms with Gasteiger partial charge in [0.1, 0.15) is 17.8 Å². The summed E-state index contributed by atoms with van der Waals surface area (Å²) >= 11 is 1.09. The first kappa shape index (κ1) is 23.1. The van der Waals surface area contributed by atoms with E-state index in [0.29, 0.717) is 5.56 Å². The van der Waals surface area contributed by atoms with Crippen LogP contribution in [0.1, 0.15) is 27.7 Å². The standard InChI is InChI=1S/C24H23N5O4S/c1-28(2)21(31)17-14-34-23(25-17)27-20(30)18(13-15-9-5-3-6-10-15)29-22(32)19(26-24(29)33)16-11-7-4-8-12-16/h3-12,14,18-19H,13H2,1-2H3,(H,26,33)(H,25,27,30)/t18-,19?/m0/s1. The number of hydrogen-bond donors (Lipinski definition) is 2. The zero-order valence-corrected chi connectivity index (χ0v) is 19.4. The first-order chi connectivity index (χ1) is 16.3. The second-order valence-electron chi connectivity index (χ2n) is 7.93. The average molecular weight is 478 g/mol. The van der Waals surface area contributed by atoms with Gasteiger partial charge in [0.05, 0.1) is 0 Å². The maximum absolute atomic E-state index is 13.3. The summed E-state index contributed by atoms with van der Waals surface area (Å²) in [6.07, 6.45) is 0.127. The molecule has 2 heterocycles. The van der Waals surface area contributed by atoms with E-state index < -0.39 is 29.9 Å². The van der Waals surface area contributed by atoms with Crippen LogP contribution in [0.15, 0.2) is 66.0 Å². The fourth-order valence-electron chi connectivity index (χ4n) is 3.65. The number of carbonyl (C=O) groups excluding carboxylic acids is 4. The molecule has 1 aromatic heterocycles. The number of amides is 5. The van der Waals surface area contributed by atoms with E-state index in [9.17, 15) is 19.2 Å². The highest BCUT2D eigenvalue weighted by Gasteiger charge is 2.45. The Balaban J connectivity index is 1.60. The number of aromatic nitrogens is 1. The number of thiazole rings is 1. The van der Waals surface area contributed by atoms with Crippen molar-refractivity contribution in [2.24, 2.45) is 0 Å². The van der Waals surface area contributed by atoms with Gasteiger partial charge in [0, 0.05) is 25.9 Å². The molecule has 5 amide bonds. The fourth-order valence-corrected chi connectivity index (χ4v) is 4.33. The monoisotopic (exact) mass is 477 g/mol. The highest BCUT2D eigenvalue weighted by Crippen LogP contribution is 2.26. The zero-order valence-electron chi connectivity index (χ0n) is 18.6. The van der Waals surface area contributed by atoms with Crippen LogP contribution in [0.25, 0.3) is 0 Å². The highest BCUT2D eigenvalue weighted by molar-refractivity contribution is 7.14. The fraction of sp³-hybridized carbons (Fsp3) is 0.208. The Kier molecular flexibility index (Phi) is 6.69. The number of benzene rings is 2. The van der Waals surface area contributed by atoms with Gasteiger partial charge in [-0.2, -0.15) is 0 Å². The lowest BCUT2D eigenvalue weighted by Crippen LogP contribution is -2.49. The van der Waals surface area contributed by atoms with E-state index in [0.717, 1.165) is 21.8 Å². The molecule has 0 bridgehead atoms. The molecule has 1 fully saturated rings. The predicted molar refractivity (Wildman–Crippen MR) is 127 cm³/mol. The zero-order chi connectivity index (χ0) is 24.2. The van der Waals surface area contributed by atoms with E-state index in [1.807, 2.05) is 36.4 Å². The Bertz CT molecular complexity index is 1210. The van der Waals surface area contributed by atoms with E-state index >= 15 is 0 Å². The minimum absolute atomic E-state index is 0.127. The lowest BCUT2D eigenvalue weighted by Gasteiger charge is -2.24. The minimum Gasteiger partial charge on any atom is -0.343 e. The first-order valence-electron chi connectivity index (χ1n) is 10.6. The summed E-state index contributed by atoms with van der Waals surface area (Å²) < 4.78 is 0. The third-order valence-corrected chi connectivity index (χ3v) is 6.11. The molecule has 1 saturated heterocycles. The van der Waals surface area contributed by atoms with Gasteiger partial charge in [0.25, 0.3) is 11.8 Å². The SMILES string of the molecule is CN(C)C(=O)c1csc(NC(=O)[C@H](Cc2ccccc2)N2C(=O)NC(c3ccccc3)C2=O)n1. The van der Waals surface area contributed by atoms with Crippen LogP contribution in [0.5, 0.6) is 0 Å². The van der Waals surface area contributed by atoms with Gasteiger partial charge in [0.15, 0.2) is 5.13 Å². The minimum atomic E-state index is -1.11. The number of carbonyl (C=O) groups is 4. The van der Waals surface area contributed by atoms with Gasteiger partial charge in [-0.3, -0.25) is 14.4 Å². The quantitative estimate of drug-likeness (QED) is 0.508. The van der Waals surface area contributed by atoms with Crippen molar-refractivity contribution in [3.05, 3.63) is 82.9 Å². The highest BCUT2D eigenvalue weighted by atomic mass is 32.1. The molecule has 2 aromatic carbocycles. The summed E-state index contributed by atoms with van der Waals surface area (Å²) in [6, 6.07) is 15.4. The molecule has 1 aliphatic heterocycles. The van der Waals surface area contributed by atoms with E-state index in [2.05, 4.69) is 15.6 Å². The predicted octanol–water partition coefficient (Wildman–Crippen LogP) is 2.69. The third-order valence-electron chi connectivity index (χ3n) is 5.35. The van der Waals surface area contributed by atoms with Crippen molar-refractivity contribution in [2.75, 3.05) is 19.4 Å². The van der Waals surface area contributed by atoms with Crippen LogP contribution in [-0.4, -0.2) is 58.7 Å². The van der Waals surface area contributed by atoms with E-state index in [1.54, 1.807) is 43.7 Å². The van der Waals surface area contributed by atoms with Crippen LogP contribution in [0.3, 0.4) is 0 Å². The molecule has 0 radical (unpaired) electrons. The van der Waals surface area contributed by atoms with Crippen LogP contribution in [0, 0.1) is 0 Å². The number of nitrogens with zero attached hydrogens (tertiary/aromatic N) is 3. The Labute approximate surface area is 200 Å². The molecule has 1 unspecified atom stereocenters. The summed E-state index contributed by atoms with van der Waals surface area (Å²) in [5, 5.41) is 7.11. The van der Waals surface area contributed by atoms with E-state index in [-0.39, 0.29) is 23.2 Å². The van der Waals surface area contributed by atoms with Crippen molar-refractivity contribution >= 4 is 40.2 Å². The molecular weight excluding hydrogens is 454 g/mol. The van der Waals surface area contributed by atoms with E-state index in [4.69, 9.17) is 0 Å². The largest absolute Gasteiger partial charge is 0.343 e. The van der Waals surface area contributed by atoms with Gasteiger partial charge in [-0.1, -0.05) is 60.7 Å². The van der Waals surface area contributed by atoms with Crippen molar-refractivity contribution in [1.82, 2.24) is 20.1 Å². The topological polar surface area (TPSA) is 112 Å². The maximum Gasteiger partial charge on any atom is 0.325 e. The number of nitrogens with one attached hydrogen (secondary N) is 2. The second kappa shape index (κ2) is 9.84. The van der Waals surface area contributed by atoms with Crippen molar-refractivity contribution in [1.29, 1.82) is 0 Å². The Morgan fingerprint density at radius 2 is 1.74 bits per heavy atom. The molecule has 4 rings (SSSR count). The van der Waals surface area contributed by atoms with Gasteiger partial charge in [-0.15, -0.1) is 11.3 Å². The van der Waals surface area contributed by atoms with Crippen molar-refractivity contribution in [2.45, 2.75) is 18.5 Å². The molecule has 0 spiro atoms. The van der Waals surface area contributed by atoms with Gasteiger partial charge >= 0.3 is 6.03 Å². The molecular formula is C24H23N5O4S.